The second kappa shape index (κ2) is 7.45. The number of nitrogens with zero attached hydrogens (tertiary/aromatic N) is 2. The average molecular weight is 258 g/mol. The lowest BCUT2D eigenvalue weighted by atomic mass is 10.1. The zero-order valence-corrected chi connectivity index (χ0v) is 11.4. The van der Waals surface area contributed by atoms with E-state index in [2.05, 4.69) is 29.1 Å². The van der Waals surface area contributed by atoms with E-state index in [-0.39, 0.29) is 0 Å². The number of aromatic nitrogens is 2. The zero-order chi connectivity index (χ0) is 12.7. The molecule has 1 N–H and O–H groups in total. The Balaban J connectivity index is 2.55. The molecule has 1 aromatic heterocycles. The number of unbranched alkanes of at least 4 members (excludes halogenated alkanes) is 1. The van der Waals surface area contributed by atoms with Gasteiger partial charge in [-0.1, -0.05) is 25.4 Å². The van der Waals surface area contributed by atoms with Gasteiger partial charge in [0.25, 0.3) is 0 Å². The molecule has 0 radical (unpaired) electrons. The second-order valence-corrected chi connectivity index (χ2v) is 4.57. The van der Waals surface area contributed by atoms with Crippen molar-refractivity contribution >= 4 is 17.4 Å². The molecule has 5 heteroatoms. The first kappa shape index (κ1) is 14.2. The van der Waals surface area contributed by atoms with Crippen LogP contribution in [0.15, 0.2) is 6.33 Å². The van der Waals surface area contributed by atoms with Gasteiger partial charge in [0.2, 0.25) is 0 Å². The minimum atomic E-state index is 0.310. The molecule has 0 aliphatic carbocycles. The fraction of sp³-hybridized carbons (Fsp3) is 0.667. The summed E-state index contributed by atoms with van der Waals surface area (Å²) >= 11 is 6.08. The summed E-state index contributed by atoms with van der Waals surface area (Å²) in [4.78, 5) is 8.25. The first-order chi connectivity index (χ1) is 8.16. The molecule has 1 rings (SSSR count). The van der Waals surface area contributed by atoms with E-state index in [1.807, 2.05) is 0 Å². The Morgan fingerprint density at radius 2 is 2.12 bits per heavy atom. The van der Waals surface area contributed by atoms with Gasteiger partial charge in [0.05, 0.1) is 0 Å². The fourth-order valence-corrected chi connectivity index (χ4v) is 1.96. The van der Waals surface area contributed by atoms with E-state index in [1.165, 1.54) is 6.33 Å². The largest absolute Gasteiger partial charge is 0.385 e. The number of nitrogens with one attached hydrogen (secondary N) is 1. The monoisotopic (exact) mass is 257 g/mol. The molecule has 0 aliphatic heterocycles. The summed E-state index contributed by atoms with van der Waals surface area (Å²) in [5.41, 5.74) is 0.987. The molecule has 1 heterocycles. The molecule has 17 heavy (non-hydrogen) atoms. The Labute approximate surface area is 108 Å². The molecular weight excluding hydrogens is 238 g/mol. The topological polar surface area (TPSA) is 47.0 Å². The molecule has 0 aliphatic rings. The number of halogens is 1. The molecule has 4 nitrogen and oxygen atoms in total. The van der Waals surface area contributed by atoms with E-state index >= 15 is 0 Å². The van der Waals surface area contributed by atoms with Crippen LogP contribution in [0.3, 0.4) is 0 Å². The lowest BCUT2D eigenvalue weighted by Crippen LogP contribution is -2.09. The minimum absolute atomic E-state index is 0.310. The molecule has 1 aromatic rings. The van der Waals surface area contributed by atoms with Crippen LogP contribution in [0.5, 0.6) is 0 Å². The van der Waals surface area contributed by atoms with Gasteiger partial charge in [-0.05, 0) is 18.8 Å². The van der Waals surface area contributed by atoms with Gasteiger partial charge >= 0.3 is 0 Å². The molecule has 0 saturated carbocycles. The van der Waals surface area contributed by atoms with Crippen LogP contribution in [0.2, 0.25) is 5.15 Å². The van der Waals surface area contributed by atoms with Crippen LogP contribution in [0.4, 0.5) is 5.82 Å². The maximum Gasteiger partial charge on any atom is 0.138 e. The summed E-state index contributed by atoms with van der Waals surface area (Å²) in [6.45, 7) is 5.83. The van der Waals surface area contributed by atoms with Crippen LogP contribution in [0.1, 0.15) is 38.2 Å². The van der Waals surface area contributed by atoms with Gasteiger partial charge in [0, 0.05) is 25.8 Å². The van der Waals surface area contributed by atoms with Crippen molar-refractivity contribution in [1.82, 2.24) is 9.97 Å². The highest BCUT2D eigenvalue weighted by Gasteiger charge is 2.12. The van der Waals surface area contributed by atoms with Gasteiger partial charge in [-0.25, -0.2) is 9.97 Å². The van der Waals surface area contributed by atoms with E-state index in [4.69, 9.17) is 16.3 Å². The third-order valence-corrected chi connectivity index (χ3v) is 2.78. The van der Waals surface area contributed by atoms with Crippen molar-refractivity contribution in [3.63, 3.8) is 0 Å². The normalized spacial score (nSPS) is 10.9. The van der Waals surface area contributed by atoms with Crippen LogP contribution in [-0.2, 0) is 4.74 Å². The van der Waals surface area contributed by atoms with Crippen molar-refractivity contribution in [2.75, 3.05) is 25.6 Å². The summed E-state index contributed by atoms with van der Waals surface area (Å²) < 4.78 is 5.00. The van der Waals surface area contributed by atoms with E-state index < -0.39 is 0 Å². The Morgan fingerprint density at radius 3 is 2.76 bits per heavy atom. The lowest BCUT2D eigenvalue weighted by Gasteiger charge is -2.14. The predicted octanol–water partition coefficient (Wildman–Crippen LogP) is 3.09. The summed E-state index contributed by atoms with van der Waals surface area (Å²) in [5.74, 6) is 1.16. The number of rotatable bonds is 7. The first-order valence-electron chi connectivity index (χ1n) is 5.90. The number of hydrogen-bond donors (Lipinski definition) is 1. The molecule has 0 bridgehead atoms. The van der Waals surface area contributed by atoms with Gasteiger partial charge in [0.1, 0.15) is 17.3 Å². The number of hydrogen-bond acceptors (Lipinski definition) is 4. The Morgan fingerprint density at radius 1 is 1.35 bits per heavy atom. The second-order valence-electron chi connectivity index (χ2n) is 4.21. The SMILES string of the molecule is COCCCCNc1ncnc(Cl)c1C(C)C. The van der Waals surface area contributed by atoms with Gasteiger partial charge in [-0.15, -0.1) is 0 Å². The molecule has 0 aromatic carbocycles. The van der Waals surface area contributed by atoms with Crippen molar-refractivity contribution in [2.45, 2.75) is 32.6 Å². The molecule has 96 valence electrons. The van der Waals surface area contributed by atoms with E-state index in [0.717, 1.165) is 37.4 Å². The highest BCUT2D eigenvalue weighted by molar-refractivity contribution is 6.30. The van der Waals surface area contributed by atoms with Crippen LogP contribution < -0.4 is 5.32 Å². The van der Waals surface area contributed by atoms with Crippen molar-refractivity contribution in [1.29, 1.82) is 0 Å². The van der Waals surface area contributed by atoms with Gasteiger partial charge < -0.3 is 10.1 Å². The Hall–Kier alpha value is -0.870. The molecule has 0 spiro atoms. The maximum absolute atomic E-state index is 6.08. The molecule has 0 fully saturated rings. The Bertz CT molecular complexity index is 345. The van der Waals surface area contributed by atoms with Gasteiger partial charge in [0.15, 0.2) is 0 Å². The number of ether oxygens (including phenoxy) is 1. The van der Waals surface area contributed by atoms with Gasteiger partial charge in [-0.2, -0.15) is 0 Å². The smallest absolute Gasteiger partial charge is 0.138 e. The van der Waals surface area contributed by atoms with Crippen LogP contribution in [0, 0.1) is 0 Å². The summed E-state index contributed by atoms with van der Waals surface area (Å²) in [6.07, 6.45) is 3.58. The maximum atomic E-state index is 6.08. The molecular formula is C12H20ClN3O. The fourth-order valence-electron chi connectivity index (χ4n) is 1.60. The third-order valence-electron chi connectivity index (χ3n) is 2.48. The Kier molecular flexibility index (Phi) is 6.22. The van der Waals surface area contributed by atoms with Crippen molar-refractivity contribution in [3.8, 4) is 0 Å². The highest BCUT2D eigenvalue weighted by Crippen LogP contribution is 2.27. The number of methoxy groups -OCH3 is 1. The van der Waals surface area contributed by atoms with Crippen molar-refractivity contribution in [2.24, 2.45) is 0 Å². The zero-order valence-electron chi connectivity index (χ0n) is 10.7. The first-order valence-corrected chi connectivity index (χ1v) is 6.27. The third kappa shape index (κ3) is 4.48. The average Bonchev–Trinajstić information content (AvgIpc) is 2.28. The van der Waals surface area contributed by atoms with Crippen LogP contribution in [0.25, 0.3) is 0 Å². The van der Waals surface area contributed by atoms with Crippen LogP contribution in [-0.4, -0.2) is 30.2 Å². The number of anilines is 1. The standard InChI is InChI=1S/C12H20ClN3O/c1-9(2)10-11(13)15-8-16-12(10)14-6-4-5-7-17-3/h8-9H,4-7H2,1-3H3,(H,14,15,16). The van der Waals surface area contributed by atoms with E-state index in [1.54, 1.807) is 7.11 Å². The van der Waals surface area contributed by atoms with Crippen LogP contribution >= 0.6 is 11.6 Å². The molecule has 0 saturated heterocycles. The lowest BCUT2D eigenvalue weighted by molar-refractivity contribution is 0.194. The van der Waals surface area contributed by atoms with Gasteiger partial charge in [-0.3, -0.25) is 0 Å². The summed E-state index contributed by atoms with van der Waals surface area (Å²) in [7, 11) is 1.72. The van der Waals surface area contributed by atoms with E-state index in [0.29, 0.717) is 11.1 Å². The van der Waals surface area contributed by atoms with Crippen molar-refractivity contribution < 1.29 is 4.74 Å². The van der Waals surface area contributed by atoms with E-state index in [9.17, 15) is 0 Å². The minimum Gasteiger partial charge on any atom is -0.385 e. The quantitative estimate of drug-likeness (QED) is 0.602. The predicted molar refractivity (Wildman–Crippen MR) is 70.7 cm³/mol. The summed E-state index contributed by atoms with van der Waals surface area (Å²) in [6, 6.07) is 0. The molecule has 0 atom stereocenters. The summed E-state index contributed by atoms with van der Waals surface area (Å²) in [5, 5.41) is 3.84. The molecule has 0 unspecified atom stereocenters. The highest BCUT2D eigenvalue weighted by atomic mass is 35.5. The molecule has 0 amide bonds. The van der Waals surface area contributed by atoms with Crippen molar-refractivity contribution in [3.05, 3.63) is 17.0 Å².